The molecule has 0 bridgehead atoms. The van der Waals surface area contributed by atoms with E-state index >= 15 is 0 Å². The van der Waals surface area contributed by atoms with Gasteiger partial charge in [-0.25, -0.2) is 0 Å². The Balaban J connectivity index is 2.48. The largest absolute Gasteiger partial charge is 0.508 e. The van der Waals surface area contributed by atoms with Crippen LogP contribution in [0.5, 0.6) is 5.75 Å². The molecule has 2 aromatic carbocycles. The summed E-state index contributed by atoms with van der Waals surface area (Å²) in [5.74, 6) is 2.17. The molecule has 0 aromatic heterocycles. The standard InChI is InChI=1S/C22H30O2/c1-15(2)19(16(3)4)13-20(18-8-6-5-7-9-18)21-12-17(14-23)10-11-22(21)24/h5-12,15-16,19-20,23-24H,13-14H2,1-4H3. The number of phenols is 1. The summed E-state index contributed by atoms with van der Waals surface area (Å²) in [6.45, 7) is 9.09. The summed E-state index contributed by atoms with van der Waals surface area (Å²) < 4.78 is 0. The Kier molecular flexibility index (Phi) is 6.44. The van der Waals surface area contributed by atoms with Gasteiger partial charge < -0.3 is 10.2 Å². The molecule has 0 aliphatic heterocycles. The summed E-state index contributed by atoms with van der Waals surface area (Å²) in [4.78, 5) is 0. The lowest BCUT2D eigenvalue weighted by Crippen LogP contribution is -2.19. The van der Waals surface area contributed by atoms with Crippen molar-refractivity contribution in [2.45, 2.75) is 46.6 Å². The molecule has 2 nitrogen and oxygen atoms in total. The molecular formula is C22H30O2. The van der Waals surface area contributed by atoms with Gasteiger partial charge in [-0.05, 0) is 47.4 Å². The molecule has 0 aliphatic rings. The third-order valence-corrected chi connectivity index (χ3v) is 5.07. The summed E-state index contributed by atoms with van der Waals surface area (Å²) in [6.07, 6.45) is 0.988. The Morgan fingerprint density at radius 3 is 2.04 bits per heavy atom. The van der Waals surface area contributed by atoms with Crippen molar-refractivity contribution in [2.24, 2.45) is 17.8 Å². The average Bonchev–Trinajstić information content (AvgIpc) is 2.57. The highest BCUT2D eigenvalue weighted by molar-refractivity contribution is 5.43. The molecule has 1 atom stereocenters. The first kappa shape index (κ1) is 18.5. The Morgan fingerprint density at radius 2 is 1.50 bits per heavy atom. The number of aromatic hydroxyl groups is 1. The maximum Gasteiger partial charge on any atom is 0.119 e. The normalized spacial score (nSPS) is 13.0. The first-order valence-electron chi connectivity index (χ1n) is 8.91. The quantitative estimate of drug-likeness (QED) is 0.721. The van der Waals surface area contributed by atoms with Crippen molar-refractivity contribution in [1.29, 1.82) is 0 Å². The fourth-order valence-corrected chi connectivity index (χ4v) is 3.70. The molecule has 0 spiro atoms. The van der Waals surface area contributed by atoms with Gasteiger partial charge >= 0.3 is 0 Å². The lowest BCUT2D eigenvalue weighted by Gasteiger charge is -2.30. The van der Waals surface area contributed by atoms with Gasteiger partial charge in [0.1, 0.15) is 5.75 Å². The van der Waals surface area contributed by atoms with E-state index in [1.165, 1.54) is 5.56 Å². The second kappa shape index (κ2) is 8.34. The van der Waals surface area contributed by atoms with Crippen LogP contribution in [0.2, 0.25) is 0 Å². The number of phenolic OH excluding ortho intramolecular Hbond substituents is 1. The van der Waals surface area contributed by atoms with Crippen LogP contribution in [0.15, 0.2) is 48.5 Å². The van der Waals surface area contributed by atoms with Gasteiger partial charge in [0.05, 0.1) is 6.61 Å². The van der Waals surface area contributed by atoms with Gasteiger partial charge in [-0.15, -0.1) is 0 Å². The molecule has 2 N–H and O–H groups in total. The third-order valence-electron chi connectivity index (χ3n) is 5.07. The maximum atomic E-state index is 10.5. The Bertz CT molecular complexity index is 624. The van der Waals surface area contributed by atoms with E-state index in [-0.39, 0.29) is 12.5 Å². The minimum absolute atomic E-state index is 0.00736. The predicted molar refractivity (Wildman–Crippen MR) is 100 cm³/mol. The molecule has 0 aliphatic carbocycles. The zero-order chi connectivity index (χ0) is 17.7. The summed E-state index contributed by atoms with van der Waals surface area (Å²) in [6, 6.07) is 15.8. The third kappa shape index (κ3) is 4.39. The molecule has 0 amide bonds. The van der Waals surface area contributed by atoms with Gasteiger partial charge in [-0.3, -0.25) is 0 Å². The van der Waals surface area contributed by atoms with E-state index in [1.54, 1.807) is 12.1 Å². The van der Waals surface area contributed by atoms with Gasteiger partial charge in [0, 0.05) is 11.5 Å². The molecule has 2 heteroatoms. The van der Waals surface area contributed by atoms with Gasteiger partial charge in [0.15, 0.2) is 0 Å². The number of hydrogen-bond donors (Lipinski definition) is 2. The van der Waals surface area contributed by atoms with Crippen LogP contribution in [0.1, 0.15) is 56.7 Å². The second-order valence-corrected chi connectivity index (χ2v) is 7.40. The van der Waals surface area contributed by atoms with Gasteiger partial charge in [0.25, 0.3) is 0 Å². The zero-order valence-corrected chi connectivity index (χ0v) is 15.2. The van der Waals surface area contributed by atoms with E-state index in [0.29, 0.717) is 23.5 Å². The molecule has 2 aromatic rings. The fraction of sp³-hybridized carbons (Fsp3) is 0.455. The molecule has 0 radical (unpaired) electrons. The van der Waals surface area contributed by atoms with E-state index in [4.69, 9.17) is 0 Å². The second-order valence-electron chi connectivity index (χ2n) is 7.40. The molecule has 24 heavy (non-hydrogen) atoms. The Hall–Kier alpha value is -1.80. The summed E-state index contributed by atoms with van der Waals surface area (Å²) >= 11 is 0. The van der Waals surface area contributed by atoms with Crippen molar-refractivity contribution in [3.05, 3.63) is 65.2 Å². The minimum atomic E-state index is -0.00736. The maximum absolute atomic E-state index is 10.5. The first-order valence-corrected chi connectivity index (χ1v) is 8.91. The number of hydrogen-bond acceptors (Lipinski definition) is 2. The van der Waals surface area contributed by atoms with Crippen LogP contribution in [0.4, 0.5) is 0 Å². The van der Waals surface area contributed by atoms with Crippen LogP contribution in [0.3, 0.4) is 0 Å². The highest BCUT2D eigenvalue weighted by Gasteiger charge is 2.26. The molecule has 2 rings (SSSR count). The number of rotatable bonds is 7. The van der Waals surface area contributed by atoms with Crippen LogP contribution < -0.4 is 0 Å². The van der Waals surface area contributed by atoms with E-state index in [1.807, 2.05) is 12.1 Å². The SMILES string of the molecule is CC(C)C(CC(c1ccccc1)c1cc(CO)ccc1O)C(C)C. The van der Waals surface area contributed by atoms with Crippen LogP contribution in [0, 0.1) is 17.8 Å². The monoisotopic (exact) mass is 326 g/mol. The van der Waals surface area contributed by atoms with Crippen molar-refractivity contribution in [2.75, 3.05) is 0 Å². The zero-order valence-electron chi connectivity index (χ0n) is 15.2. The van der Waals surface area contributed by atoms with Crippen molar-refractivity contribution in [3.8, 4) is 5.75 Å². The van der Waals surface area contributed by atoms with Gasteiger partial charge in [-0.2, -0.15) is 0 Å². The Labute approximate surface area is 146 Å². The first-order chi connectivity index (χ1) is 11.4. The molecule has 1 unspecified atom stereocenters. The van der Waals surface area contributed by atoms with Gasteiger partial charge in [0.2, 0.25) is 0 Å². The molecule has 0 fully saturated rings. The average molecular weight is 326 g/mol. The summed E-state index contributed by atoms with van der Waals surface area (Å²) in [5, 5.41) is 20.0. The molecular weight excluding hydrogens is 296 g/mol. The topological polar surface area (TPSA) is 40.5 Å². The van der Waals surface area contributed by atoms with Crippen molar-refractivity contribution < 1.29 is 10.2 Å². The Morgan fingerprint density at radius 1 is 0.875 bits per heavy atom. The predicted octanol–water partition coefficient (Wildman–Crippen LogP) is 5.33. The smallest absolute Gasteiger partial charge is 0.119 e. The minimum Gasteiger partial charge on any atom is -0.508 e. The van der Waals surface area contributed by atoms with E-state index < -0.39 is 0 Å². The summed E-state index contributed by atoms with van der Waals surface area (Å²) in [7, 11) is 0. The highest BCUT2D eigenvalue weighted by Crippen LogP contribution is 2.40. The van der Waals surface area contributed by atoms with Crippen LogP contribution in [0.25, 0.3) is 0 Å². The van der Waals surface area contributed by atoms with Crippen LogP contribution >= 0.6 is 0 Å². The van der Waals surface area contributed by atoms with Crippen LogP contribution in [-0.2, 0) is 6.61 Å². The molecule has 130 valence electrons. The fourth-order valence-electron chi connectivity index (χ4n) is 3.70. The molecule has 0 saturated heterocycles. The van der Waals surface area contributed by atoms with E-state index in [0.717, 1.165) is 17.5 Å². The van der Waals surface area contributed by atoms with Crippen molar-refractivity contribution in [1.82, 2.24) is 0 Å². The molecule has 0 saturated carbocycles. The lowest BCUT2D eigenvalue weighted by molar-refractivity contribution is 0.258. The van der Waals surface area contributed by atoms with E-state index in [2.05, 4.69) is 52.0 Å². The number of aliphatic hydroxyl groups is 1. The molecule has 0 heterocycles. The highest BCUT2D eigenvalue weighted by atomic mass is 16.3. The van der Waals surface area contributed by atoms with E-state index in [9.17, 15) is 10.2 Å². The van der Waals surface area contributed by atoms with Crippen molar-refractivity contribution in [3.63, 3.8) is 0 Å². The van der Waals surface area contributed by atoms with Crippen molar-refractivity contribution >= 4 is 0 Å². The van der Waals surface area contributed by atoms with Gasteiger partial charge in [-0.1, -0.05) is 64.1 Å². The lowest BCUT2D eigenvalue weighted by atomic mass is 9.75. The van der Waals surface area contributed by atoms with Crippen LogP contribution in [-0.4, -0.2) is 10.2 Å². The summed E-state index contributed by atoms with van der Waals surface area (Å²) in [5.41, 5.74) is 2.97. The number of benzene rings is 2. The number of aliphatic hydroxyl groups excluding tert-OH is 1.